The number of hydrogen-bond donors (Lipinski definition) is 0. The van der Waals surface area contributed by atoms with E-state index in [1.165, 1.54) is 10.5 Å². The molecule has 0 saturated carbocycles. The van der Waals surface area contributed by atoms with Crippen LogP contribution in [0, 0.1) is 0 Å². The number of rotatable bonds is 6. The highest BCUT2D eigenvalue weighted by molar-refractivity contribution is 8.00. The molecule has 25 heavy (non-hydrogen) atoms. The monoisotopic (exact) mass is 354 g/mol. The van der Waals surface area contributed by atoms with Crippen LogP contribution in [0.4, 0.5) is 0 Å². The number of thioether (sulfide) groups is 1. The van der Waals surface area contributed by atoms with Gasteiger partial charge in [0, 0.05) is 20.8 Å². The third-order valence-electron chi connectivity index (χ3n) is 4.95. The summed E-state index contributed by atoms with van der Waals surface area (Å²) in [6, 6.07) is 16.1. The summed E-state index contributed by atoms with van der Waals surface area (Å²) >= 11 is 1.82. The molecule has 0 aliphatic carbocycles. The molecule has 0 unspecified atom stereocenters. The van der Waals surface area contributed by atoms with Gasteiger partial charge in [-0.05, 0) is 48.1 Å². The highest BCUT2D eigenvalue weighted by Gasteiger charge is 2.22. The van der Waals surface area contributed by atoms with Gasteiger partial charge in [-0.25, -0.2) is 0 Å². The maximum atomic E-state index is 12.7. The normalized spacial score (nSPS) is 12.2. The third-order valence-corrected chi connectivity index (χ3v) is 6.07. The van der Waals surface area contributed by atoms with E-state index in [1.54, 1.807) is 0 Å². The Balaban J connectivity index is 2.18. The summed E-state index contributed by atoms with van der Waals surface area (Å²) in [5.74, 6) is 0.0913. The second kappa shape index (κ2) is 7.78. The number of carbonyl (C=O) groups excluding carboxylic acids is 1. The van der Waals surface area contributed by atoms with Crippen LogP contribution in [-0.2, 0) is 5.41 Å². The van der Waals surface area contributed by atoms with Gasteiger partial charge in [0.05, 0.1) is 0 Å². The van der Waals surface area contributed by atoms with Crippen molar-refractivity contribution in [1.82, 2.24) is 0 Å². The zero-order valence-corrected chi connectivity index (χ0v) is 17.2. The lowest BCUT2D eigenvalue weighted by Gasteiger charge is -2.27. The number of benzene rings is 2. The molecule has 2 rings (SSSR count). The first-order valence-electron chi connectivity index (χ1n) is 9.13. The predicted molar refractivity (Wildman–Crippen MR) is 110 cm³/mol. The van der Waals surface area contributed by atoms with Crippen LogP contribution in [0.15, 0.2) is 53.4 Å². The van der Waals surface area contributed by atoms with Crippen molar-refractivity contribution >= 4 is 17.5 Å². The molecule has 2 aromatic rings. The molecule has 0 radical (unpaired) electrons. The molecule has 2 aromatic carbocycles. The molecular formula is C23H30OS. The summed E-state index contributed by atoms with van der Waals surface area (Å²) in [4.78, 5) is 13.9. The maximum absolute atomic E-state index is 12.7. The molecule has 134 valence electrons. The second-order valence-electron chi connectivity index (χ2n) is 7.91. The van der Waals surface area contributed by atoms with E-state index >= 15 is 0 Å². The average molecular weight is 355 g/mol. The maximum Gasteiger partial charge on any atom is 0.193 e. The Morgan fingerprint density at radius 3 is 1.64 bits per heavy atom. The van der Waals surface area contributed by atoms with Crippen molar-refractivity contribution in [2.24, 2.45) is 0 Å². The van der Waals surface area contributed by atoms with E-state index in [9.17, 15) is 4.79 Å². The molecule has 0 aromatic heterocycles. The fourth-order valence-corrected chi connectivity index (χ4v) is 3.86. The van der Waals surface area contributed by atoms with E-state index in [1.807, 2.05) is 48.2 Å². The van der Waals surface area contributed by atoms with Crippen molar-refractivity contribution in [2.45, 2.75) is 69.4 Å². The highest BCUT2D eigenvalue weighted by Crippen LogP contribution is 2.33. The summed E-state index contributed by atoms with van der Waals surface area (Å²) in [6.07, 6.45) is 2.20. The summed E-state index contributed by atoms with van der Waals surface area (Å²) in [5.41, 5.74) is 3.01. The van der Waals surface area contributed by atoms with E-state index < -0.39 is 0 Å². The zero-order chi connectivity index (χ0) is 18.7. The third kappa shape index (κ3) is 4.98. The van der Waals surface area contributed by atoms with E-state index in [4.69, 9.17) is 0 Å². The Bertz CT molecular complexity index is 701. The quantitative estimate of drug-likeness (QED) is 0.415. The molecule has 0 bridgehead atoms. The first kappa shape index (κ1) is 19.8. The van der Waals surface area contributed by atoms with Gasteiger partial charge in [-0.3, -0.25) is 4.79 Å². The summed E-state index contributed by atoms with van der Waals surface area (Å²) in [5, 5.41) is 0. The van der Waals surface area contributed by atoms with Crippen LogP contribution in [0.2, 0.25) is 0 Å². The molecule has 2 heteroatoms. The van der Waals surface area contributed by atoms with Gasteiger partial charge in [0.1, 0.15) is 0 Å². The fourth-order valence-electron chi connectivity index (χ4n) is 2.88. The van der Waals surface area contributed by atoms with E-state index in [-0.39, 0.29) is 15.9 Å². The van der Waals surface area contributed by atoms with Crippen LogP contribution in [-0.4, -0.2) is 10.5 Å². The molecular weight excluding hydrogens is 324 g/mol. The fraction of sp³-hybridized carbons (Fsp3) is 0.435. The van der Waals surface area contributed by atoms with Crippen molar-refractivity contribution in [3.05, 3.63) is 65.2 Å². The molecule has 0 spiro atoms. The van der Waals surface area contributed by atoms with Crippen molar-refractivity contribution in [2.75, 3.05) is 0 Å². The number of carbonyl (C=O) groups is 1. The van der Waals surface area contributed by atoms with Gasteiger partial charge in [-0.2, -0.15) is 0 Å². The van der Waals surface area contributed by atoms with Gasteiger partial charge in [-0.15, -0.1) is 11.8 Å². The Morgan fingerprint density at radius 1 is 0.800 bits per heavy atom. The molecule has 0 aliphatic heterocycles. The summed E-state index contributed by atoms with van der Waals surface area (Å²) < 4.78 is 0.173. The molecule has 0 atom stereocenters. The Labute approximate surface area is 157 Å². The van der Waals surface area contributed by atoms with Crippen LogP contribution < -0.4 is 0 Å². The van der Waals surface area contributed by atoms with E-state index in [2.05, 4.69) is 53.7 Å². The molecule has 0 saturated heterocycles. The first-order chi connectivity index (χ1) is 11.7. The average Bonchev–Trinajstić information content (AvgIpc) is 2.60. The number of ketones is 1. The topological polar surface area (TPSA) is 17.1 Å². The van der Waals surface area contributed by atoms with Crippen LogP contribution in [0.25, 0.3) is 0 Å². The molecule has 1 nitrogen and oxygen atoms in total. The largest absolute Gasteiger partial charge is 0.289 e. The lowest BCUT2D eigenvalue weighted by Crippen LogP contribution is -2.19. The van der Waals surface area contributed by atoms with Crippen LogP contribution in [0.5, 0.6) is 0 Å². The molecule has 0 fully saturated rings. The SMILES string of the molecule is CCC(C)(CC)c1ccc(C(=O)c2ccc(SC(C)(C)C)cc2)cc1. The van der Waals surface area contributed by atoms with Crippen molar-refractivity contribution in [3.63, 3.8) is 0 Å². The van der Waals surface area contributed by atoms with Crippen molar-refractivity contribution in [3.8, 4) is 0 Å². The second-order valence-corrected chi connectivity index (χ2v) is 9.81. The molecule has 0 aliphatic rings. The lowest BCUT2D eigenvalue weighted by atomic mass is 9.77. The Morgan fingerprint density at radius 2 is 1.24 bits per heavy atom. The smallest absolute Gasteiger partial charge is 0.193 e. The lowest BCUT2D eigenvalue weighted by molar-refractivity contribution is 0.103. The van der Waals surface area contributed by atoms with Gasteiger partial charge >= 0.3 is 0 Å². The Kier molecular flexibility index (Phi) is 6.16. The number of hydrogen-bond acceptors (Lipinski definition) is 2. The van der Waals surface area contributed by atoms with Gasteiger partial charge in [0.2, 0.25) is 0 Å². The minimum atomic E-state index is 0.0913. The molecule has 0 amide bonds. The zero-order valence-electron chi connectivity index (χ0n) is 16.3. The van der Waals surface area contributed by atoms with Gasteiger partial charge in [0.15, 0.2) is 5.78 Å². The van der Waals surface area contributed by atoms with Crippen LogP contribution in [0.1, 0.15) is 75.9 Å². The summed E-state index contributed by atoms with van der Waals surface area (Å²) in [7, 11) is 0. The van der Waals surface area contributed by atoms with Crippen molar-refractivity contribution in [1.29, 1.82) is 0 Å². The molecule has 0 N–H and O–H groups in total. The van der Waals surface area contributed by atoms with Gasteiger partial charge < -0.3 is 0 Å². The van der Waals surface area contributed by atoms with Gasteiger partial charge in [-0.1, -0.05) is 65.8 Å². The summed E-state index contributed by atoms with van der Waals surface area (Å²) in [6.45, 7) is 13.3. The standard InChI is InChI=1S/C23H30OS/c1-7-23(6,8-2)19-13-9-17(10-14-19)21(24)18-11-15-20(16-12-18)25-22(3,4)5/h9-16H,7-8H2,1-6H3. The first-order valence-corrected chi connectivity index (χ1v) is 9.94. The van der Waals surface area contributed by atoms with E-state index in [0.29, 0.717) is 0 Å². The van der Waals surface area contributed by atoms with E-state index in [0.717, 1.165) is 24.0 Å². The minimum absolute atomic E-state index is 0.0913. The highest BCUT2D eigenvalue weighted by atomic mass is 32.2. The van der Waals surface area contributed by atoms with Gasteiger partial charge in [0.25, 0.3) is 0 Å². The predicted octanol–water partition coefficient (Wildman–Crippen LogP) is 6.89. The Hall–Kier alpha value is -1.54. The molecule has 0 heterocycles. The van der Waals surface area contributed by atoms with Crippen LogP contribution in [0.3, 0.4) is 0 Å². The van der Waals surface area contributed by atoms with Crippen LogP contribution >= 0.6 is 11.8 Å². The van der Waals surface area contributed by atoms with Crippen molar-refractivity contribution < 1.29 is 4.79 Å². The minimum Gasteiger partial charge on any atom is -0.289 e.